The Balaban J connectivity index is 3.36. The van der Waals surface area contributed by atoms with Crippen molar-refractivity contribution in [3.05, 3.63) is 0 Å². The number of rotatable bonds is 9. The molecule has 0 aliphatic rings. The molecule has 0 aromatic rings. The van der Waals surface area contributed by atoms with Crippen LogP contribution in [-0.4, -0.2) is 6.67 Å². The number of halogens is 1. The van der Waals surface area contributed by atoms with E-state index in [9.17, 15) is 4.39 Å². The van der Waals surface area contributed by atoms with E-state index < -0.39 is 0 Å². The summed E-state index contributed by atoms with van der Waals surface area (Å²) in [6.07, 6.45) is 8.35. The summed E-state index contributed by atoms with van der Waals surface area (Å²) >= 11 is 0. The molecule has 0 rings (SSSR count). The zero-order chi connectivity index (χ0) is 10.8. The second-order valence-corrected chi connectivity index (χ2v) is 4.64. The van der Waals surface area contributed by atoms with Gasteiger partial charge in [-0.3, -0.25) is 4.39 Å². The van der Waals surface area contributed by atoms with E-state index in [1.807, 2.05) is 0 Å². The van der Waals surface area contributed by atoms with Crippen molar-refractivity contribution in [1.29, 1.82) is 0 Å². The summed E-state index contributed by atoms with van der Waals surface area (Å²) in [6.45, 7) is 6.81. The summed E-state index contributed by atoms with van der Waals surface area (Å²) in [5, 5.41) is 0. The molecule has 0 fully saturated rings. The predicted octanol–water partition coefficient (Wildman–Crippen LogP) is 4.98. The minimum absolute atomic E-state index is 0.139. The van der Waals surface area contributed by atoms with Gasteiger partial charge in [0.25, 0.3) is 0 Å². The fourth-order valence-electron chi connectivity index (χ4n) is 1.83. The molecule has 1 heteroatoms. The lowest BCUT2D eigenvalue weighted by Crippen LogP contribution is -2.07. The van der Waals surface area contributed by atoms with Crippen LogP contribution >= 0.6 is 0 Å². The Labute approximate surface area is 89.3 Å². The largest absolute Gasteiger partial charge is 0.251 e. The zero-order valence-electron chi connectivity index (χ0n) is 10.2. The van der Waals surface area contributed by atoms with Gasteiger partial charge in [-0.2, -0.15) is 0 Å². The van der Waals surface area contributed by atoms with Crippen LogP contribution in [-0.2, 0) is 0 Å². The third-order valence-corrected chi connectivity index (χ3v) is 3.28. The van der Waals surface area contributed by atoms with E-state index in [0.29, 0.717) is 0 Å². The zero-order valence-corrected chi connectivity index (χ0v) is 10.2. The van der Waals surface area contributed by atoms with Crippen LogP contribution in [0.5, 0.6) is 0 Å². The van der Waals surface area contributed by atoms with E-state index >= 15 is 0 Å². The van der Waals surface area contributed by atoms with Crippen molar-refractivity contribution in [2.75, 3.05) is 6.67 Å². The number of alkyl halides is 1. The summed E-state index contributed by atoms with van der Waals surface area (Å²) in [4.78, 5) is 0. The molecule has 2 atom stereocenters. The molecule has 14 heavy (non-hydrogen) atoms. The molecule has 0 spiro atoms. The van der Waals surface area contributed by atoms with Gasteiger partial charge in [0, 0.05) is 0 Å². The van der Waals surface area contributed by atoms with Gasteiger partial charge in [0.05, 0.1) is 6.67 Å². The highest BCUT2D eigenvalue weighted by Gasteiger charge is 2.10. The van der Waals surface area contributed by atoms with Crippen LogP contribution in [0.3, 0.4) is 0 Å². The molecular formula is C13H27F. The van der Waals surface area contributed by atoms with Crippen molar-refractivity contribution in [3.63, 3.8) is 0 Å². The average Bonchev–Trinajstić information content (AvgIpc) is 2.20. The molecule has 0 bridgehead atoms. The normalized spacial score (nSPS) is 15.4. The first-order valence-corrected chi connectivity index (χ1v) is 6.28. The summed E-state index contributed by atoms with van der Waals surface area (Å²) in [5.74, 6) is 1.67. The number of hydrogen-bond acceptors (Lipinski definition) is 0. The summed E-state index contributed by atoms with van der Waals surface area (Å²) in [6, 6.07) is 0. The van der Waals surface area contributed by atoms with Crippen LogP contribution in [0.4, 0.5) is 4.39 Å². The molecule has 0 amide bonds. The predicted molar refractivity (Wildman–Crippen MR) is 62.3 cm³/mol. The first-order valence-electron chi connectivity index (χ1n) is 6.28. The fraction of sp³-hybridized carbons (Fsp3) is 1.00. The summed E-state index contributed by atoms with van der Waals surface area (Å²) < 4.78 is 11.8. The average molecular weight is 202 g/mol. The van der Waals surface area contributed by atoms with E-state index in [1.54, 1.807) is 0 Å². The minimum Gasteiger partial charge on any atom is -0.251 e. The van der Waals surface area contributed by atoms with Gasteiger partial charge in [-0.1, -0.05) is 59.3 Å². The molecule has 0 saturated carbocycles. The van der Waals surface area contributed by atoms with Gasteiger partial charge < -0.3 is 0 Å². The maximum atomic E-state index is 11.8. The third-order valence-electron chi connectivity index (χ3n) is 3.28. The lowest BCUT2D eigenvalue weighted by Gasteiger charge is -2.19. The molecular weight excluding hydrogens is 175 g/mol. The van der Waals surface area contributed by atoms with E-state index in [0.717, 1.165) is 24.7 Å². The topological polar surface area (TPSA) is 0 Å². The highest BCUT2D eigenvalue weighted by Crippen LogP contribution is 2.22. The van der Waals surface area contributed by atoms with Crippen molar-refractivity contribution in [2.24, 2.45) is 11.8 Å². The van der Waals surface area contributed by atoms with E-state index in [4.69, 9.17) is 0 Å². The van der Waals surface area contributed by atoms with Gasteiger partial charge >= 0.3 is 0 Å². The molecule has 0 aromatic carbocycles. The van der Waals surface area contributed by atoms with Gasteiger partial charge in [0.2, 0.25) is 0 Å². The highest BCUT2D eigenvalue weighted by atomic mass is 19.1. The second-order valence-electron chi connectivity index (χ2n) is 4.64. The Morgan fingerprint density at radius 3 is 1.93 bits per heavy atom. The van der Waals surface area contributed by atoms with Gasteiger partial charge in [-0.05, 0) is 18.3 Å². The molecule has 0 nitrogen and oxygen atoms in total. The van der Waals surface area contributed by atoms with Crippen LogP contribution < -0.4 is 0 Å². The van der Waals surface area contributed by atoms with Crippen molar-refractivity contribution in [1.82, 2.24) is 0 Å². The molecule has 0 saturated heterocycles. The smallest absolute Gasteiger partial charge is 0.0894 e. The molecule has 0 aromatic heterocycles. The molecule has 0 aliphatic carbocycles. The quantitative estimate of drug-likeness (QED) is 0.463. The van der Waals surface area contributed by atoms with E-state index in [-0.39, 0.29) is 6.67 Å². The Morgan fingerprint density at radius 2 is 1.43 bits per heavy atom. The van der Waals surface area contributed by atoms with E-state index in [2.05, 4.69) is 20.8 Å². The van der Waals surface area contributed by atoms with Crippen LogP contribution in [0.25, 0.3) is 0 Å². The number of unbranched alkanes of at least 4 members (excludes halogenated alkanes) is 3. The van der Waals surface area contributed by atoms with Crippen molar-refractivity contribution >= 4 is 0 Å². The first-order chi connectivity index (χ1) is 6.72. The molecule has 0 N–H and O–H groups in total. The van der Waals surface area contributed by atoms with Crippen molar-refractivity contribution in [3.8, 4) is 0 Å². The maximum absolute atomic E-state index is 11.8. The van der Waals surface area contributed by atoms with Gasteiger partial charge in [-0.25, -0.2) is 0 Å². The van der Waals surface area contributed by atoms with Gasteiger partial charge in [0.15, 0.2) is 0 Å². The van der Waals surface area contributed by atoms with Crippen molar-refractivity contribution in [2.45, 2.75) is 65.7 Å². The SMILES string of the molecule is CCCCC(C)C(C)CCCCCF. The maximum Gasteiger partial charge on any atom is 0.0894 e. The molecule has 0 heterocycles. The molecule has 0 radical (unpaired) electrons. The Bertz CT molecular complexity index is 112. The summed E-state index contributed by atoms with van der Waals surface area (Å²) in [5.41, 5.74) is 0. The second kappa shape index (κ2) is 9.48. The Kier molecular flexibility index (Phi) is 9.44. The molecule has 0 aliphatic heterocycles. The Hall–Kier alpha value is -0.0700. The highest BCUT2D eigenvalue weighted by molar-refractivity contribution is 4.62. The monoisotopic (exact) mass is 202 g/mol. The molecule has 2 unspecified atom stereocenters. The minimum atomic E-state index is -0.139. The van der Waals surface area contributed by atoms with Crippen LogP contribution in [0.2, 0.25) is 0 Å². The van der Waals surface area contributed by atoms with Gasteiger partial charge in [-0.15, -0.1) is 0 Å². The van der Waals surface area contributed by atoms with E-state index in [1.165, 1.54) is 32.1 Å². The van der Waals surface area contributed by atoms with Crippen LogP contribution in [0.15, 0.2) is 0 Å². The summed E-state index contributed by atoms with van der Waals surface area (Å²) in [7, 11) is 0. The van der Waals surface area contributed by atoms with Crippen LogP contribution in [0, 0.1) is 11.8 Å². The fourth-order valence-corrected chi connectivity index (χ4v) is 1.83. The lowest BCUT2D eigenvalue weighted by molar-refractivity contribution is 0.323. The standard InChI is InChI=1S/C13H27F/c1-4-5-9-12(2)13(3)10-7-6-8-11-14/h12-13H,4-11H2,1-3H3. The lowest BCUT2D eigenvalue weighted by atomic mass is 9.87. The Morgan fingerprint density at radius 1 is 0.857 bits per heavy atom. The van der Waals surface area contributed by atoms with Gasteiger partial charge in [0.1, 0.15) is 0 Å². The van der Waals surface area contributed by atoms with Crippen LogP contribution in [0.1, 0.15) is 65.7 Å². The number of hydrogen-bond donors (Lipinski definition) is 0. The third kappa shape index (κ3) is 7.34. The van der Waals surface area contributed by atoms with Crippen molar-refractivity contribution < 1.29 is 4.39 Å². The molecule has 86 valence electrons. The first kappa shape index (κ1) is 13.9.